The fourth-order valence-electron chi connectivity index (χ4n) is 1.81. The van der Waals surface area contributed by atoms with E-state index in [9.17, 15) is 31.4 Å². The molecular formula is C15H10F6O4. The van der Waals surface area contributed by atoms with Crippen molar-refractivity contribution in [1.82, 2.24) is 0 Å². The Morgan fingerprint density at radius 2 is 1.20 bits per heavy atom. The second kappa shape index (κ2) is 7.09. The summed E-state index contributed by atoms with van der Waals surface area (Å²) in [6.07, 6.45) is -11.5. The molecule has 0 bridgehead atoms. The standard InChI is InChI=1S/C15H10F6O4/c16-14(17,18)24-11-5-1-3-9(7-11)13(22)23-10-4-2-6-12(8-10)25-15(19,20)21/h1-8,13,22H. The van der Waals surface area contributed by atoms with E-state index in [4.69, 9.17) is 4.74 Å². The number of alkyl halides is 6. The second-order valence-electron chi connectivity index (χ2n) is 4.61. The number of aliphatic hydroxyl groups excluding tert-OH is 1. The van der Waals surface area contributed by atoms with E-state index >= 15 is 0 Å². The number of aliphatic hydroxyl groups is 1. The van der Waals surface area contributed by atoms with Crippen molar-refractivity contribution < 1.29 is 45.7 Å². The van der Waals surface area contributed by atoms with Gasteiger partial charge in [-0.1, -0.05) is 18.2 Å². The van der Waals surface area contributed by atoms with E-state index < -0.39 is 30.5 Å². The molecule has 2 aromatic carbocycles. The summed E-state index contributed by atoms with van der Waals surface area (Å²) in [6.45, 7) is 0. The largest absolute Gasteiger partial charge is 0.573 e. The summed E-state index contributed by atoms with van der Waals surface area (Å²) in [5.41, 5.74) is -0.0936. The Hall–Kier alpha value is -2.62. The highest BCUT2D eigenvalue weighted by Crippen LogP contribution is 2.30. The van der Waals surface area contributed by atoms with Gasteiger partial charge in [0, 0.05) is 11.6 Å². The van der Waals surface area contributed by atoms with Gasteiger partial charge in [0.05, 0.1) is 0 Å². The Balaban J connectivity index is 2.10. The predicted molar refractivity (Wildman–Crippen MR) is 71.8 cm³/mol. The highest BCUT2D eigenvalue weighted by atomic mass is 19.4. The monoisotopic (exact) mass is 368 g/mol. The molecule has 0 aliphatic carbocycles. The van der Waals surface area contributed by atoms with Crippen molar-refractivity contribution in [2.24, 2.45) is 0 Å². The maximum absolute atomic E-state index is 12.2. The quantitative estimate of drug-likeness (QED) is 0.621. The normalized spacial score (nSPS) is 13.2. The molecule has 10 heteroatoms. The van der Waals surface area contributed by atoms with Crippen molar-refractivity contribution in [2.45, 2.75) is 19.0 Å². The zero-order valence-corrected chi connectivity index (χ0v) is 12.1. The van der Waals surface area contributed by atoms with Crippen LogP contribution in [0.3, 0.4) is 0 Å². The zero-order chi connectivity index (χ0) is 18.7. The van der Waals surface area contributed by atoms with Gasteiger partial charge in [-0.25, -0.2) is 0 Å². The molecule has 0 radical (unpaired) electrons. The third-order valence-corrected chi connectivity index (χ3v) is 2.66. The molecular weight excluding hydrogens is 358 g/mol. The first-order valence-electron chi connectivity index (χ1n) is 6.58. The topological polar surface area (TPSA) is 47.9 Å². The molecule has 0 fully saturated rings. The molecule has 1 atom stereocenters. The Bertz CT molecular complexity index is 714. The van der Waals surface area contributed by atoms with Crippen LogP contribution in [-0.2, 0) is 0 Å². The molecule has 4 nitrogen and oxygen atoms in total. The molecule has 0 aliphatic heterocycles. The molecule has 0 aliphatic rings. The SMILES string of the molecule is OC(Oc1cccc(OC(F)(F)F)c1)c1cccc(OC(F)(F)F)c1. The van der Waals surface area contributed by atoms with Gasteiger partial charge in [-0.15, -0.1) is 26.3 Å². The van der Waals surface area contributed by atoms with E-state index in [0.717, 1.165) is 24.3 Å². The van der Waals surface area contributed by atoms with Crippen molar-refractivity contribution in [3.8, 4) is 17.2 Å². The van der Waals surface area contributed by atoms with Crippen molar-refractivity contribution in [3.63, 3.8) is 0 Å². The number of ether oxygens (including phenoxy) is 3. The van der Waals surface area contributed by atoms with Gasteiger partial charge < -0.3 is 19.3 Å². The minimum atomic E-state index is -4.91. The highest BCUT2D eigenvalue weighted by Gasteiger charge is 2.32. The van der Waals surface area contributed by atoms with E-state index in [1.165, 1.54) is 24.3 Å². The van der Waals surface area contributed by atoms with Crippen LogP contribution in [0.15, 0.2) is 48.5 Å². The van der Waals surface area contributed by atoms with E-state index in [-0.39, 0.29) is 11.3 Å². The summed E-state index contributed by atoms with van der Waals surface area (Å²) < 4.78 is 85.4. The lowest BCUT2D eigenvalue weighted by molar-refractivity contribution is -0.275. The van der Waals surface area contributed by atoms with Gasteiger partial charge in [-0.05, 0) is 24.3 Å². The summed E-state index contributed by atoms with van der Waals surface area (Å²) >= 11 is 0. The van der Waals surface area contributed by atoms with Crippen molar-refractivity contribution in [3.05, 3.63) is 54.1 Å². The average molecular weight is 368 g/mol. The average Bonchev–Trinajstić information content (AvgIpc) is 2.44. The van der Waals surface area contributed by atoms with Crippen LogP contribution in [0.2, 0.25) is 0 Å². The number of halogens is 6. The predicted octanol–water partition coefficient (Wildman–Crippen LogP) is 4.55. The Morgan fingerprint density at radius 3 is 1.76 bits per heavy atom. The number of hydrogen-bond acceptors (Lipinski definition) is 4. The van der Waals surface area contributed by atoms with E-state index in [2.05, 4.69) is 9.47 Å². The molecule has 1 N–H and O–H groups in total. The van der Waals surface area contributed by atoms with Crippen LogP contribution < -0.4 is 14.2 Å². The summed E-state index contributed by atoms with van der Waals surface area (Å²) in [6, 6.07) is 8.65. The Kier molecular flexibility index (Phi) is 5.31. The third-order valence-electron chi connectivity index (χ3n) is 2.66. The molecule has 2 aromatic rings. The lowest BCUT2D eigenvalue weighted by Crippen LogP contribution is -2.17. The number of benzene rings is 2. The summed E-state index contributed by atoms with van der Waals surface area (Å²) in [5.74, 6) is -1.34. The second-order valence-corrected chi connectivity index (χ2v) is 4.61. The number of hydrogen-bond donors (Lipinski definition) is 1. The summed E-state index contributed by atoms with van der Waals surface area (Å²) in [7, 11) is 0. The fraction of sp³-hybridized carbons (Fsp3) is 0.200. The molecule has 0 amide bonds. The third kappa shape index (κ3) is 6.42. The van der Waals surface area contributed by atoms with Gasteiger partial charge in [0.15, 0.2) is 0 Å². The van der Waals surface area contributed by atoms with Crippen LogP contribution in [0.25, 0.3) is 0 Å². The van der Waals surface area contributed by atoms with Gasteiger partial charge in [0.25, 0.3) is 0 Å². The Labute approximate surface area is 137 Å². The molecule has 0 spiro atoms. The van der Waals surface area contributed by atoms with Crippen LogP contribution in [0.5, 0.6) is 17.2 Å². The van der Waals surface area contributed by atoms with Crippen molar-refractivity contribution in [2.75, 3.05) is 0 Å². The molecule has 0 saturated heterocycles. The molecule has 1 unspecified atom stereocenters. The van der Waals surface area contributed by atoms with Gasteiger partial charge in [0.2, 0.25) is 6.29 Å². The maximum Gasteiger partial charge on any atom is 0.573 e. The molecule has 136 valence electrons. The first-order chi connectivity index (χ1) is 11.5. The van der Waals surface area contributed by atoms with Gasteiger partial charge >= 0.3 is 12.7 Å². The van der Waals surface area contributed by atoms with E-state index in [0.29, 0.717) is 0 Å². The summed E-state index contributed by atoms with van der Waals surface area (Å²) in [4.78, 5) is 0. The molecule has 0 saturated carbocycles. The molecule has 0 heterocycles. The zero-order valence-electron chi connectivity index (χ0n) is 12.1. The minimum Gasteiger partial charge on any atom is -0.461 e. The van der Waals surface area contributed by atoms with Crippen LogP contribution in [-0.4, -0.2) is 17.8 Å². The van der Waals surface area contributed by atoms with Crippen LogP contribution in [0.1, 0.15) is 11.9 Å². The minimum absolute atomic E-state index is 0.0936. The van der Waals surface area contributed by atoms with E-state index in [1.54, 1.807) is 0 Å². The molecule has 2 rings (SSSR count). The lowest BCUT2D eigenvalue weighted by Gasteiger charge is -2.16. The summed E-state index contributed by atoms with van der Waals surface area (Å²) in [5, 5.41) is 9.90. The lowest BCUT2D eigenvalue weighted by atomic mass is 10.2. The van der Waals surface area contributed by atoms with Crippen molar-refractivity contribution >= 4 is 0 Å². The van der Waals surface area contributed by atoms with Crippen LogP contribution in [0.4, 0.5) is 26.3 Å². The van der Waals surface area contributed by atoms with Crippen molar-refractivity contribution in [1.29, 1.82) is 0 Å². The number of rotatable bonds is 5. The van der Waals surface area contributed by atoms with Crippen LogP contribution >= 0.6 is 0 Å². The first kappa shape index (κ1) is 18.7. The van der Waals surface area contributed by atoms with Crippen LogP contribution in [0, 0.1) is 0 Å². The molecule has 25 heavy (non-hydrogen) atoms. The first-order valence-corrected chi connectivity index (χ1v) is 6.58. The van der Waals surface area contributed by atoms with Gasteiger partial charge in [-0.3, -0.25) is 0 Å². The highest BCUT2D eigenvalue weighted by molar-refractivity contribution is 5.34. The van der Waals surface area contributed by atoms with Gasteiger partial charge in [0.1, 0.15) is 17.2 Å². The van der Waals surface area contributed by atoms with Gasteiger partial charge in [-0.2, -0.15) is 0 Å². The fourth-order valence-corrected chi connectivity index (χ4v) is 1.81. The molecule has 0 aromatic heterocycles. The smallest absolute Gasteiger partial charge is 0.461 e. The Morgan fingerprint density at radius 1 is 0.720 bits per heavy atom. The van der Waals surface area contributed by atoms with E-state index in [1.807, 2.05) is 0 Å². The maximum atomic E-state index is 12.2.